The molecule has 1 unspecified atom stereocenters. The third-order valence-corrected chi connectivity index (χ3v) is 6.34. The van der Waals surface area contributed by atoms with E-state index in [0.29, 0.717) is 6.61 Å². The molecule has 1 aliphatic rings. The van der Waals surface area contributed by atoms with E-state index in [1.54, 1.807) is 0 Å². The lowest BCUT2D eigenvalue weighted by Gasteiger charge is -2.43. The first-order valence-corrected chi connectivity index (χ1v) is 11.2. The van der Waals surface area contributed by atoms with E-state index in [1.165, 1.54) is 109 Å². The summed E-state index contributed by atoms with van der Waals surface area (Å²) in [5.41, 5.74) is 0. The first-order chi connectivity index (χ1) is 11.7. The van der Waals surface area contributed by atoms with Gasteiger partial charge in [-0.3, -0.25) is 0 Å². The Bertz CT molecular complexity index is 275. The molecular formula is C22H46NO+. The number of aliphatic hydroxyl groups excluding tert-OH is 1. The molecule has 0 heterocycles. The van der Waals surface area contributed by atoms with Crippen LogP contribution in [0.2, 0.25) is 0 Å². The molecule has 2 nitrogen and oxygen atoms in total. The van der Waals surface area contributed by atoms with Gasteiger partial charge in [-0.25, -0.2) is 0 Å². The predicted octanol–water partition coefficient (Wildman–Crippen LogP) is 6.07. The van der Waals surface area contributed by atoms with Crippen LogP contribution in [-0.4, -0.2) is 42.4 Å². The fourth-order valence-corrected chi connectivity index (χ4v) is 4.55. The molecule has 1 atom stereocenters. The summed E-state index contributed by atoms with van der Waals surface area (Å²) in [6.45, 7) is 4.88. The van der Waals surface area contributed by atoms with Crippen LogP contribution in [0.3, 0.4) is 0 Å². The first kappa shape index (κ1) is 22.0. The molecule has 1 rings (SSSR count). The SMILES string of the molecule is CCCCCCCCCCCCC[N+](C)(CCO)C1CCCCC1. The van der Waals surface area contributed by atoms with Gasteiger partial charge in [0.2, 0.25) is 0 Å². The summed E-state index contributed by atoms with van der Waals surface area (Å²) in [4.78, 5) is 0. The molecule has 1 saturated carbocycles. The van der Waals surface area contributed by atoms with Crippen molar-refractivity contribution in [2.24, 2.45) is 0 Å². The zero-order valence-electron chi connectivity index (χ0n) is 16.9. The summed E-state index contributed by atoms with van der Waals surface area (Å²) < 4.78 is 1.13. The van der Waals surface area contributed by atoms with Crippen LogP contribution in [-0.2, 0) is 0 Å². The molecule has 0 spiro atoms. The van der Waals surface area contributed by atoms with E-state index in [2.05, 4.69) is 14.0 Å². The average molecular weight is 341 g/mol. The smallest absolute Gasteiger partial charge is 0.102 e. The van der Waals surface area contributed by atoms with Crippen molar-refractivity contribution in [1.82, 2.24) is 0 Å². The Labute approximate surface area is 152 Å². The van der Waals surface area contributed by atoms with Crippen molar-refractivity contribution in [2.45, 2.75) is 116 Å². The van der Waals surface area contributed by atoms with Crippen LogP contribution in [0.5, 0.6) is 0 Å². The monoisotopic (exact) mass is 340 g/mol. The molecule has 1 fully saturated rings. The van der Waals surface area contributed by atoms with Gasteiger partial charge < -0.3 is 9.59 Å². The maximum absolute atomic E-state index is 9.49. The number of aliphatic hydroxyl groups is 1. The lowest BCUT2D eigenvalue weighted by Crippen LogP contribution is -2.55. The molecule has 24 heavy (non-hydrogen) atoms. The highest BCUT2D eigenvalue weighted by Crippen LogP contribution is 2.27. The van der Waals surface area contributed by atoms with Crippen molar-refractivity contribution < 1.29 is 9.59 Å². The molecule has 2 heteroatoms. The van der Waals surface area contributed by atoms with Gasteiger partial charge in [0.05, 0.1) is 26.2 Å². The highest BCUT2D eigenvalue weighted by molar-refractivity contribution is 4.67. The molecule has 0 saturated heterocycles. The molecule has 0 aliphatic heterocycles. The summed E-state index contributed by atoms with van der Waals surface area (Å²) in [5.74, 6) is 0. The van der Waals surface area contributed by atoms with E-state index in [-0.39, 0.29) is 0 Å². The number of quaternary nitrogens is 1. The maximum Gasteiger partial charge on any atom is 0.102 e. The fourth-order valence-electron chi connectivity index (χ4n) is 4.55. The topological polar surface area (TPSA) is 20.2 Å². The summed E-state index contributed by atoms with van der Waals surface area (Å²) in [6.07, 6.45) is 22.6. The van der Waals surface area contributed by atoms with Gasteiger partial charge in [-0.05, 0) is 38.5 Å². The quantitative estimate of drug-likeness (QED) is 0.283. The molecule has 144 valence electrons. The van der Waals surface area contributed by atoms with Gasteiger partial charge in [0.25, 0.3) is 0 Å². The largest absolute Gasteiger partial charge is 0.391 e. The van der Waals surface area contributed by atoms with Crippen LogP contribution in [0.25, 0.3) is 0 Å². The lowest BCUT2D eigenvalue weighted by atomic mass is 9.92. The Hall–Kier alpha value is -0.0800. The lowest BCUT2D eigenvalue weighted by molar-refractivity contribution is -0.935. The van der Waals surface area contributed by atoms with Crippen molar-refractivity contribution in [1.29, 1.82) is 0 Å². The van der Waals surface area contributed by atoms with E-state index >= 15 is 0 Å². The minimum Gasteiger partial charge on any atom is -0.391 e. The zero-order chi connectivity index (χ0) is 17.5. The third kappa shape index (κ3) is 9.42. The fraction of sp³-hybridized carbons (Fsp3) is 1.00. The van der Waals surface area contributed by atoms with Crippen LogP contribution < -0.4 is 0 Å². The van der Waals surface area contributed by atoms with E-state index in [4.69, 9.17) is 0 Å². The third-order valence-electron chi connectivity index (χ3n) is 6.34. The van der Waals surface area contributed by atoms with Crippen LogP contribution >= 0.6 is 0 Å². The van der Waals surface area contributed by atoms with E-state index in [9.17, 15) is 5.11 Å². The molecule has 0 aromatic carbocycles. The van der Waals surface area contributed by atoms with E-state index < -0.39 is 0 Å². The van der Waals surface area contributed by atoms with Gasteiger partial charge in [-0.1, -0.05) is 71.1 Å². The zero-order valence-corrected chi connectivity index (χ0v) is 16.9. The van der Waals surface area contributed by atoms with Gasteiger partial charge in [0.1, 0.15) is 6.54 Å². The van der Waals surface area contributed by atoms with Crippen molar-refractivity contribution >= 4 is 0 Å². The predicted molar refractivity (Wildman–Crippen MR) is 106 cm³/mol. The van der Waals surface area contributed by atoms with Crippen molar-refractivity contribution in [2.75, 3.05) is 26.7 Å². The number of rotatable bonds is 15. The Kier molecular flexibility index (Phi) is 12.9. The molecule has 1 N–H and O–H groups in total. The Morgan fingerprint density at radius 1 is 0.708 bits per heavy atom. The minimum absolute atomic E-state index is 0.352. The first-order valence-electron chi connectivity index (χ1n) is 11.2. The molecule has 0 aromatic heterocycles. The molecule has 0 aromatic rings. The number of unbranched alkanes of at least 4 members (excludes halogenated alkanes) is 10. The van der Waals surface area contributed by atoms with Crippen molar-refractivity contribution in [3.05, 3.63) is 0 Å². The van der Waals surface area contributed by atoms with E-state index in [1.807, 2.05) is 0 Å². The van der Waals surface area contributed by atoms with Gasteiger partial charge in [0.15, 0.2) is 0 Å². The molecular weight excluding hydrogens is 294 g/mol. The highest BCUT2D eigenvalue weighted by atomic mass is 16.3. The van der Waals surface area contributed by atoms with Crippen LogP contribution in [0.4, 0.5) is 0 Å². The standard InChI is InChI=1S/C22H46NO/c1-3-4-5-6-7-8-9-10-11-12-16-19-23(2,20-21-24)22-17-14-13-15-18-22/h22,24H,3-21H2,1-2H3/q+1. The second kappa shape index (κ2) is 14.1. The Balaban J connectivity index is 2.04. The normalized spacial score (nSPS) is 18.6. The second-order valence-corrected chi connectivity index (χ2v) is 8.48. The number of nitrogens with zero attached hydrogens (tertiary/aromatic N) is 1. The average Bonchev–Trinajstić information content (AvgIpc) is 2.61. The Morgan fingerprint density at radius 3 is 1.71 bits per heavy atom. The molecule has 0 bridgehead atoms. The highest BCUT2D eigenvalue weighted by Gasteiger charge is 2.32. The maximum atomic E-state index is 9.49. The van der Waals surface area contributed by atoms with Crippen LogP contribution in [0.1, 0.15) is 110 Å². The molecule has 1 aliphatic carbocycles. The van der Waals surface area contributed by atoms with Crippen molar-refractivity contribution in [3.63, 3.8) is 0 Å². The molecule has 0 radical (unpaired) electrons. The number of likely N-dealkylation sites (N-methyl/N-ethyl adjacent to an activating group) is 1. The summed E-state index contributed by atoms with van der Waals surface area (Å²) in [7, 11) is 2.41. The number of hydrogen-bond donors (Lipinski definition) is 1. The van der Waals surface area contributed by atoms with E-state index in [0.717, 1.165) is 17.1 Å². The Morgan fingerprint density at radius 2 is 1.21 bits per heavy atom. The van der Waals surface area contributed by atoms with Gasteiger partial charge in [-0.2, -0.15) is 0 Å². The number of hydrogen-bond acceptors (Lipinski definition) is 1. The van der Waals surface area contributed by atoms with Crippen LogP contribution in [0.15, 0.2) is 0 Å². The van der Waals surface area contributed by atoms with Gasteiger partial charge in [-0.15, -0.1) is 0 Å². The summed E-state index contributed by atoms with van der Waals surface area (Å²) in [6, 6.07) is 0.814. The van der Waals surface area contributed by atoms with Gasteiger partial charge >= 0.3 is 0 Å². The minimum atomic E-state index is 0.352. The van der Waals surface area contributed by atoms with Crippen molar-refractivity contribution in [3.8, 4) is 0 Å². The summed E-state index contributed by atoms with van der Waals surface area (Å²) >= 11 is 0. The summed E-state index contributed by atoms with van der Waals surface area (Å²) in [5, 5.41) is 9.49. The second-order valence-electron chi connectivity index (χ2n) is 8.48. The van der Waals surface area contributed by atoms with Gasteiger partial charge in [0, 0.05) is 0 Å². The van der Waals surface area contributed by atoms with Crippen LogP contribution in [0, 0.1) is 0 Å². The molecule has 0 amide bonds.